The van der Waals surface area contributed by atoms with Crippen LogP contribution in [0.2, 0.25) is 5.02 Å². The van der Waals surface area contributed by atoms with Crippen molar-refractivity contribution in [3.63, 3.8) is 0 Å². The van der Waals surface area contributed by atoms with Crippen LogP contribution >= 0.6 is 23.4 Å². The quantitative estimate of drug-likeness (QED) is 0.782. The number of rotatable bonds is 4. The van der Waals surface area contributed by atoms with Crippen LogP contribution < -0.4 is 0 Å². The number of carbonyl (C=O) groups is 1. The molecule has 128 valence electrons. The van der Waals surface area contributed by atoms with E-state index < -0.39 is 0 Å². The second-order valence-corrected chi connectivity index (χ2v) is 7.30. The number of amides is 1. The molecule has 1 aromatic carbocycles. The maximum absolute atomic E-state index is 12.6. The van der Waals surface area contributed by atoms with Crippen molar-refractivity contribution in [2.75, 3.05) is 19.3 Å². The molecule has 0 saturated carbocycles. The molecule has 5 nitrogen and oxygen atoms in total. The van der Waals surface area contributed by atoms with Crippen LogP contribution in [0, 0.1) is 0 Å². The maximum atomic E-state index is 12.6. The van der Waals surface area contributed by atoms with E-state index in [1.807, 2.05) is 47.0 Å². The van der Waals surface area contributed by atoms with Crippen LogP contribution in [-0.4, -0.2) is 44.9 Å². The molecule has 0 N–H and O–H groups in total. The molecule has 1 atom stereocenters. The molecule has 1 aromatic heterocycles. The molecule has 2 heterocycles. The second kappa shape index (κ2) is 7.57. The van der Waals surface area contributed by atoms with Gasteiger partial charge in [-0.2, -0.15) is 0 Å². The molecule has 0 aliphatic carbocycles. The molecular weight excluding hydrogens is 344 g/mol. The summed E-state index contributed by atoms with van der Waals surface area (Å²) in [5.41, 5.74) is 0.956. The van der Waals surface area contributed by atoms with Crippen molar-refractivity contribution in [1.29, 1.82) is 0 Å². The Morgan fingerprint density at radius 3 is 2.96 bits per heavy atom. The smallest absolute Gasteiger partial charge is 0.227 e. The topological polar surface area (TPSA) is 51.0 Å². The van der Waals surface area contributed by atoms with E-state index in [1.165, 1.54) is 0 Å². The van der Waals surface area contributed by atoms with Gasteiger partial charge in [0, 0.05) is 31.1 Å². The third-order valence-electron chi connectivity index (χ3n) is 4.43. The van der Waals surface area contributed by atoms with E-state index in [1.54, 1.807) is 11.8 Å². The minimum atomic E-state index is 0.147. The van der Waals surface area contributed by atoms with E-state index in [2.05, 4.69) is 10.2 Å². The van der Waals surface area contributed by atoms with Gasteiger partial charge in [0.2, 0.25) is 5.91 Å². The van der Waals surface area contributed by atoms with E-state index in [4.69, 9.17) is 11.6 Å². The summed E-state index contributed by atoms with van der Waals surface area (Å²) in [6, 6.07) is 7.50. The van der Waals surface area contributed by atoms with Gasteiger partial charge in [0.25, 0.3) is 0 Å². The van der Waals surface area contributed by atoms with Crippen LogP contribution in [0.5, 0.6) is 0 Å². The molecule has 1 fully saturated rings. The second-order valence-electron chi connectivity index (χ2n) is 6.09. The Morgan fingerprint density at radius 2 is 2.25 bits per heavy atom. The lowest BCUT2D eigenvalue weighted by molar-refractivity contribution is -0.131. The fraction of sp³-hybridized carbons (Fsp3) is 0.471. The van der Waals surface area contributed by atoms with E-state index in [9.17, 15) is 4.79 Å². The van der Waals surface area contributed by atoms with Gasteiger partial charge >= 0.3 is 0 Å². The molecule has 1 aliphatic heterocycles. The number of halogens is 1. The largest absolute Gasteiger partial charge is 0.342 e. The van der Waals surface area contributed by atoms with Crippen molar-refractivity contribution in [2.45, 2.75) is 30.3 Å². The highest BCUT2D eigenvalue weighted by Gasteiger charge is 2.28. The predicted molar refractivity (Wildman–Crippen MR) is 96.5 cm³/mol. The fourth-order valence-corrected chi connectivity index (χ4v) is 3.91. The Kier molecular flexibility index (Phi) is 5.46. The van der Waals surface area contributed by atoms with E-state index in [-0.39, 0.29) is 11.8 Å². The number of likely N-dealkylation sites (tertiary alicyclic amines) is 1. The Morgan fingerprint density at radius 1 is 1.42 bits per heavy atom. The van der Waals surface area contributed by atoms with Crippen molar-refractivity contribution in [3.8, 4) is 0 Å². The van der Waals surface area contributed by atoms with Crippen LogP contribution in [0.1, 0.15) is 30.1 Å². The van der Waals surface area contributed by atoms with Crippen LogP contribution in [0.25, 0.3) is 0 Å². The molecule has 0 radical (unpaired) electrons. The minimum Gasteiger partial charge on any atom is -0.342 e. The molecule has 24 heavy (non-hydrogen) atoms. The summed E-state index contributed by atoms with van der Waals surface area (Å²) in [6.45, 7) is 1.52. The van der Waals surface area contributed by atoms with E-state index in [0.29, 0.717) is 18.0 Å². The van der Waals surface area contributed by atoms with Crippen molar-refractivity contribution >= 4 is 29.3 Å². The Labute approximate surface area is 151 Å². The van der Waals surface area contributed by atoms with Gasteiger partial charge in [-0.3, -0.25) is 4.79 Å². The van der Waals surface area contributed by atoms with Crippen LogP contribution in [0.4, 0.5) is 0 Å². The summed E-state index contributed by atoms with van der Waals surface area (Å²) in [5.74, 6) is 1.37. The van der Waals surface area contributed by atoms with Gasteiger partial charge in [-0.05, 0) is 36.8 Å². The zero-order valence-corrected chi connectivity index (χ0v) is 15.5. The lowest BCUT2D eigenvalue weighted by atomic mass is 9.96. The molecular formula is C17H21ClN4OS. The predicted octanol–water partition coefficient (Wildman–Crippen LogP) is 3.14. The molecule has 0 unspecified atom stereocenters. The van der Waals surface area contributed by atoms with Crippen molar-refractivity contribution in [1.82, 2.24) is 19.7 Å². The first-order valence-electron chi connectivity index (χ1n) is 8.04. The average Bonchev–Trinajstić information content (AvgIpc) is 2.95. The zero-order valence-electron chi connectivity index (χ0n) is 13.9. The Bertz CT molecular complexity index is 733. The number of aromatic nitrogens is 3. The third-order valence-corrected chi connectivity index (χ3v) is 5.39. The summed E-state index contributed by atoms with van der Waals surface area (Å²) in [6.07, 6.45) is 4.42. The van der Waals surface area contributed by atoms with Crippen molar-refractivity contribution < 1.29 is 4.79 Å². The number of hydrogen-bond acceptors (Lipinski definition) is 4. The number of benzene rings is 1. The highest BCUT2D eigenvalue weighted by molar-refractivity contribution is 7.98. The number of nitrogens with zero attached hydrogens (tertiary/aromatic N) is 4. The lowest BCUT2D eigenvalue weighted by Gasteiger charge is -2.32. The van der Waals surface area contributed by atoms with Gasteiger partial charge in [-0.25, -0.2) is 0 Å². The molecule has 3 rings (SSSR count). The fourth-order valence-electron chi connectivity index (χ4n) is 3.21. The first kappa shape index (κ1) is 17.3. The van der Waals surface area contributed by atoms with Gasteiger partial charge in [0.05, 0.1) is 6.42 Å². The highest BCUT2D eigenvalue weighted by Crippen LogP contribution is 2.27. The molecule has 0 bridgehead atoms. The molecule has 1 aliphatic rings. The lowest BCUT2D eigenvalue weighted by Crippen LogP contribution is -2.40. The van der Waals surface area contributed by atoms with Gasteiger partial charge < -0.3 is 9.47 Å². The van der Waals surface area contributed by atoms with Gasteiger partial charge in [-0.1, -0.05) is 35.5 Å². The number of hydrogen-bond donors (Lipinski definition) is 0. The first-order chi connectivity index (χ1) is 11.6. The molecule has 1 amide bonds. The minimum absolute atomic E-state index is 0.147. The molecule has 0 spiro atoms. The van der Waals surface area contributed by atoms with Crippen LogP contribution in [-0.2, 0) is 18.3 Å². The SMILES string of the molecule is CSc1nnc([C@@H]2CCCN(C(=O)Cc3cccc(Cl)c3)C2)n1C. The summed E-state index contributed by atoms with van der Waals surface area (Å²) in [4.78, 5) is 14.6. The average molecular weight is 365 g/mol. The normalized spacial score (nSPS) is 18.0. The standard InChI is InChI=1S/C17H21ClN4OS/c1-21-16(19-20-17(21)24-2)13-6-4-8-22(11-13)15(23)10-12-5-3-7-14(18)9-12/h3,5,7,9,13H,4,6,8,10-11H2,1-2H3/t13-/m1/s1. The molecule has 7 heteroatoms. The highest BCUT2D eigenvalue weighted by atomic mass is 35.5. The van der Waals surface area contributed by atoms with E-state index in [0.717, 1.165) is 35.9 Å². The summed E-state index contributed by atoms with van der Waals surface area (Å²) < 4.78 is 2.04. The third kappa shape index (κ3) is 3.75. The summed E-state index contributed by atoms with van der Waals surface area (Å²) in [7, 11) is 1.99. The Balaban J connectivity index is 1.68. The number of thioether (sulfide) groups is 1. The first-order valence-corrected chi connectivity index (χ1v) is 9.64. The Hall–Kier alpha value is -1.53. The van der Waals surface area contributed by atoms with Crippen molar-refractivity contribution in [2.24, 2.45) is 7.05 Å². The summed E-state index contributed by atoms with van der Waals surface area (Å²) in [5, 5.41) is 10.1. The van der Waals surface area contributed by atoms with E-state index >= 15 is 0 Å². The number of piperidine rings is 1. The molecule has 2 aromatic rings. The zero-order chi connectivity index (χ0) is 17.1. The number of carbonyl (C=O) groups excluding carboxylic acids is 1. The maximum Gasteiger partial charge on any atom is 0.227 e. The van der Waals surface area contributed by atoms with Gasteiger partial charge in [0.1, 0.15) is 5.82 Å². The van der Waals surface area contributed by atoms with Crippen LogP contribution in [0.3, 0.4) is 0 Å². The van der Waals surface area contributed by atoms with Crippen LogP contribution in [0.15, 0.2) is 29.4 Å². The van der Waals surface area contributed by atoms with Crippen molar-refractivity contribution in [3.05, 3.63) is 40.7 Å². The monoisotopic (exact) mass is 364 g/mol. The van der Waals surface area contributed by atoms with Gasteiger partial charge in [-0.15, -0.1) is 10.2 Å². The van der Waals surface area contributed by atoms with Gasteiger partial charge in [0.15, 0.2) is 5.16 Å². The molecule has 1 saturated heterocycles. The summed E-state index contributed by atoms with van der Waals surface area (Å²) >= 11 is 7.59.